The number of carbonyl (C=O) groups excluding carboxylic acids is 1. The third kappa shape index (κ3) is 2.16. The zero-order valence-corrected chi connectivity index (χ0v) is 10.4. The summed E-state index contributed by atoms with van der Waals surface area (Å²) in [6, 6.07) is 9.99. The SMILES string of the molecule is CC(C)(c1ccc(F)cc1)c1cccnc1C=O. The lowest BCUT2D eigenvalue weighted by molar-refractivity contribution is 0.111. The Hall–Kier alpha value is -2.03. The summed E-state index contributed by atoms with van der Waals surface area (Å²) >= 11 is 0. The van der Waals surface area contributed by atoms with Gasteiger partial charge in [0.05, 0.1) is 0 Å². The van der Waals surface area contributed by atoms with Crippen molar-refractivity contribution in [3.63, 3.8) is 0 Å². The summed E-state index contributed by atoms with van der Waals surface area (Å²) < 4.78 is 13.0. The fraction of sp³-hybridized carbons (Fsp3) is 0.200. The number of carbonyl (C=O) groups is 1. The fourth-order valence-corrected chi connectivity index (χ4v) is 2.06. The minimum Gasteiger partial charge on any atom is -0.296 e. The highest BCUT2D eigenvalue weighted by molar-refractivity contribution is 5.75. The number of aromatic nitrogens is 1. The van der Waals surface area contributed by atoms with Crippen LogP contribution in [0.1, 0.15) is 35.5 Å². The number of hydrogen-bond donors (Lipinski definition) is 0. The van der Waals surface area contributed by atoms with Gasteiger partial charge in [0.2, 0.25) is 0 Å². The van der Waals surface area contributed by atoms with Gasteiger partial charge < -0.3 is 0 Å². The first-order chi connectivity index (χ1) is 8.55. The van der Waals surface area contributed by atoms with Gasteiger partial charge in [-0.05, 0) is 29.3 Å². The van der Waals surface area contributed by atoms with Gasteiger partial charge >= 0.3 is 0 Å². The maximum Gasteiger partial charge on any atom is 0.168 e. The molecule has 0 unspecified atom stereocenters. The molecule has 92 valence electrons. The highest BCUT2D eigenvalue weighted by Gasteiger charge is 2.26. The summed E-state index contributed by atoms with van der Waals surface area (Å²) in [5.74, 6) is -0.267. The zero-order valence-electron chi connectivity index (χ0n) is 10.4. The molecule has 1 heterocycles. The molecule has 0 saturated carbocycles. The van der Waals surface area contributed by atoms with Gasteiger partial charge in [0, 0.05) is 11.6 Å². The molecule has 0 saturated heterocycles. The van der Waals surface area contributed by atoms with Gasteiger partial charge in [0.15, 0.2) is 6.29 Å². The van der Waals surface area contributed by atoms with Crippen LogP contribution in [0.3, 0.4) is 0 Å². The summed E-state index contributed by atoms with van der Waals surface area (Å²) in [5, 5.41) is 0. The van der Waals surface area contributed by atoms with Crippen molar-refractivity contribution in [1.82, 2.24) is 4.98 Å². The van der Waals surface area contributed by atoms with Crippen molar-refractivity contribution in [1.29, 1.82) is 0 Å². The molecule has 0 spiro atoms. The predicted molar refractivity (Wildman–Crippen MR) is 68.2 cm³/mol. The molecule has 0 aliphatic heterocycles. The summed E-state index contributed by atoms with van der Waals surface area (Å²) in [4.78, 5) is 15.1. The van der Waals surface area contributed by atoms with Crippen LogP contribution in [0.25, 0.3) is 0 Å². The van der Waals surface area contributed by atoms with Crippen LogP contribution in [0.5, 0.6) is 0 Å². The van der Waals surface area contributed by atoms with Crippen molar-refractivity contribution >= 4 is 6.29 Å². The highest BCUT2D eigenvalue weighted by Crippen LogP contribution is 2.32. The summed E-state index contributed by atoms with van der Waals surface area (Å²) in [6.45, 7) is 3.98. The molecule has 0 fully saturated rings. The molecule has 1 aromatic heterocycles. The van der Waals surface area contributed by atoms with Gasteiger partial charge in [0.25, 0.3) is 0 Å². The second kappa shape index (κ2) is 4.69. The van der Waals surface area contributed by atoms with Gasteiger partial charge in [-0.15, -0.1) is 0 Å². The van der Waals surface area contributed by atoms with E-state index >= 15 is 0 Å². The Labute approximate surface area is 105 Å². The van der Waals surface area contributed by atoms with Crippen molar-refractivity contribution < 1.29 is 9.18 Å². The average Bonchev–Trinajstić information content (AvgIpc) is 2.39. The van der Waals surface area contributed by atoms with E-state index in [0.717, 1.165) is 17.4 Å². The summed E-state index contributed by atoms with van der Waals surface area (Å²) in [5.41, 5.74) is 1.82. The van der Waals surface area contributed by atoms with E-state index in [1.165, 1.54) is 12.1 Å². The van der Waals surface area contributed by atoms with E-state index in [2.05, 4.69) is 4.98 Å². The number of rotatable bonds is 3. The lowest BCUT2D eigenvalue weighted by Crippen LogP contribution is -2.21. The Bertz CT molecular complexity index is 561. The number of nitrogens with zero attached hydrogens (tertiary/aromatic N) is 1. The monoisotopic (exact) mass is 243 g/mol. The molecule has 0 N–H and O–H groups in total. The van der Waals surface area contributed by atoms with E-state index in [1.807, 2.05) is 19.9 Å². The molecule has 0 aliphatic rings. The van der Waals surface area contributed by atoms with Crippen molar-refractivity contribution in [2.45, 2.75) is 19.3 Å². The second-order valence-corrected chi connectivity index (χ2v) is 4.69. The first kappa shape index (κ1) is 12.4. The van der Waals surface area contributed by atoms with Crippen LogP contribution in [0.4, 0.5) is 4.39 Å². The predicted octanol–water partition coefficient (Wildman–Crippen LogP) is 3.36. The van der Waals surface area contributed by atoms with Crippen LogP contribution in [0.2, 0.25) is 0 Å². The molecule has 1 aromatic carbocycles. The van der Waals surface area contributed by atoms with E-state index in [4.69, 9.17) is 0 Å². The van der Waals surface area contributed by atoms with Gasteiger partial charge in [-0.1, -0.05) is 32.0 Å². The normalized spacial score (nSPS) is 11.3. The number of aldehydes is 1. The smallest absolute Gasteiger partial charge is 0.168 e. The molecule has 0 aliphatic carbocycles. The van der Waals surface area contributed by atoms with Gasteiger partial charge in [0.1, 0.15) is 11.5 Å². The van der Waals surface area contributed by atoms with Crippen LogP contribution in [-0.2, 0) is 5.41 Å². The number of hydrogen-bond acceptors (Lipinski definition) is 2. The Morgan fingerprint density at radius 2 is 1.83 bits per heavy atom. The molecule has 18 heavy (non-hydrogen) atoms. The van der Waals surface area contributed by atoms with Crippen molar-refractivity contribution in [2.75, 3.05) is 0 Å². The molecule has 0 amide bonds. The highest BCUT2D eigenvalue weighted by atomic mass is 19.1. The van der Waals surface area contributed by atoms with Crippen LogP contribution in [0.15, 0.2) is 42.6 Å². The topological polar surface area (TPSA) is 30.0 Å². The second-order valence-electron chi connectivity index (χ2n) is 4.69. The number of benzene rings is 1. The summed E-state index contributed by atoms with van der Waals surface area (Å²) in [6.07, 6.45) is 2.34. The molecule has 0 bridgehead atoms. The first-order valence-electron chi connectivity index (χ1n) is 5.72. The van der Waals surface area contributed by atoms with Gasteiger partial charge in [-0.3, -0.25) is 9.78 Å². The van der Waals surface area contributed by atoms with Gasteiger partial charge in [-0.2, -0.15) is 0 Å². The van der Waals surface area contributed by atoms with Crippen LogP contribution in [0, 0.1) is 5.82 Å². The molecule has 2 aromatic rings. The van der Waals surface area contributed by atoms with Crippen LogP contribution >= 0.6 is 0 Å². The molecule has 2 rings (SSSR count). The third-order valence-electron chi connectivity index (χ3n) is 3.19. The molecular formula is C15H14FNO. The fourth-order valence-electron chi connectivity index (χ4n) is 2.06. The third-order valence-corrected chi connectivity index (χ3v) is 3.19. The molecule has 0 atom stereocenters. The summed E-state index contributed by atoms with van der Waals surface area (Å²) in [7, 11) is 0. The maximum atomic E-state index is 13.0. The van der Waals surface area contributed by atoms with Crippen molar-refractivity contribution in [3.8, 4) is 0 Å². The zero-order chi connectivity index (χ0) is 13.2. The Morgan fingerprint density at radius 1 is 1.17 bits per heavy atom. The van der Waals surface area contributed by atoms with Gasteiger partial charge in [-0.25, -0.2) is 4.39 Å². The quantitative estimate of drug-likeness (QED) is 0.774. The maximum absolute atomic E-state index is 13.0. The number of halogens is 1. The molecule has 2 nitrogen and oxygen atoms in total. The van der Waals surface area contributed by atoms with E-state index < -0.39 is 5.41 Å². The van der Waals surface area contributed by atoms with Crippen molar-refractivity contribution in [2.24, 2.45) is 0 Å². The molecular weight excluding hydrogens is 229 g/mol. The van der Waals surface area contributed by atoms with Crippen molar-refractivity contribution in [3.05, 3.63) is 65.2 Å². The lowest BCUT2D eigenvalue weighted by Gasteiger charge is -2.26. The standard InChI is InChI=1S/C15H14FNO/c1-15(2,11-5-7-12(16)8-6-11)13-4-3-9-17-14(13)10-18/h3-10H,1-2H3. The van der Waals surface area contributed by atoms with Crippen LogP contribution < -0.4 is 0 Å². The largest absolute Gasteiger partial charge is 0.296 e. The van der Waals surface area contributed by atoms with E-state index in [-0.39, 0.29) is 5.82 Å². The minimum absolute atomic E-state index is 0.267. The Morgan fingerprint density at radius 3 is 2.44 bits per heavy atom. The van der Waals surface area contributed by atoms with E-state index in [0.29, 0.717) is 5.69 Å². The first-order valence-corrected chi connectivity index (χ1v) is 5.72. The molecule has 0 radical (unpaired) electrons. The Kier molecular flexibility index (Phi) is 3.24. The number of pyridine rings is 1. The average molecular weight is 243 g/mol. The molecule has 3 heteroatoms. The van der Waals surface area contributed by atoms with Crippen LogP contribution in [-0.4, -0.2) is 11.3 Å². The lowest BCUT2D eigenvalue weighted by atomic mass is 9.77. The van der Waals surface area contributed by atoms with E-state index in [9.17, 15) is 9.18 Å². The van der Waals surface area contributed by atoms with E-state index in [1.54, 1.807) is 24.4 Å². The minimum atomic E-state index is -0.391. The Balaban J connectivity index is 2.53.